The van der Waals surface area contributed by atoms with E-state index in [-0.39, 0.29) is 0 Å². The fourth-order valence-corrected chi connectivity index (χ4v) is 2.75. The SMILES string of the molecule is COc1ccccc1C1CC(OCc2ccccc2)C1. The minimum Gasteiger partial charge on any atom is -0.496 e. The van der Waals surface area contributed by atoms with Crippen molar-refractivity contribution in [3.05, 3.63) is 65.7 Å². The molecule has 0 spiro atoms. The van der Waals surface area contributed by atoms with Crippen LogP contribution in [0.5, 0.6) is 5.75 Å². The number of para-hydroxylation sites is 1. The molecule has 20 heavy (non-hydrogen) atoms. The highest BCUT2D eigenvalue weighted by atomic mass is 16.5. The second-order valence-corrected chi connectivity index (χ2v) is 5.33. The standard InChI is InChI=1S/C18H20O2/c1-19-18-10-6-5-9-17(18)15-11-16(12-15)20-13-14-7-3-2-4-8-14/h2-10,15-16H,11-13H2,1H3. The zero-order valence-electron chi connectivity index (χ0n) is 11.8. The molecule has 0 radical (unpaired) electrons. The lowest BCUT2D eigenvalue weighted by molar-refractivity contribution is -0.0210. The molecule has 0 aliphatic heterocycles. The smallest absolute Gasteiger partial charge is 0.122 e. The third kappa shape index (κ3) is 2.86. The first-order chi connectivity index (χ1) is 9.86. The number of hydrogen-bond donors (Lipinski definition) is 0. The van der Waals surface area contributed by atoms with Gasteiger partial charge < -0.3 is 9.47 Å². The van der Waals surface area contributed by atoms with Gasteiger partial charge in [0.15, 0.2) is 0 Å². The Hall–Kier alpha value is -1.80. The van der Waals surface area contributed by atoms with E-state index < -0.39 is 0 Å². The molecule has 0 amide bonds. The maximum atomic E-state index is 5.95. The van der Waals surface area contributed by atoms with Crippen LogP contribution in [0.25, 0.3) is 0 Å². The van der Waals surface area contributed by atoms with E-state index in [1.165, 1.54) is 11.1 Å². The maximum Gasteiger partial charge on any atom is 0.122 e. The third-order valence-electron chi connectivity index (χ3n) is 4.00. The van der Waals surface area contributed by atoms with Crippen LogP contribution in [0.2, 0.25) is 0 Å². The van der Waals surface area contributed by atoms with Crippen LogP contribution in [0.15, 0.2) is 54.6 Å². The molecule has 104 valence electrons. The molecule has 2 nitrogen and oxygen atoms in total. The summed E-state index contributed by atoms with van der Waals surface area (Å²) in [7, 11) is 1.74. The quantitative estimate of drug-likeness (QED) is 0.810. The topological polar surface area (TPSA) is 18.5 Å². The van der Waals surface area contributed by atoms with Gasteiger partial charge in [0.2, 0.25) is 0 Å². The highest BCUT2D eigenvalue weighted by Gasteiger charge is 2.32. The average molecular weight is 268 g/mol. The van der Waals surface area contributed by atoms with Crippen LogP contribution in [0, 0.1) is 0 Å². The van der Waals surface area contributed by atoms with E-state index in [0.29, 0.717) is 18.6 Å². The summed E-state index contributed by atoms with van der Waals surface area (Å²) in [6, 6.07) is 18.6. The first-order valence-corrected chi connectivity index (χ1v) is 7.15. The van der Waals surface area contributed by atoms with Gasteiger partial charge in [-0.15, -0.1) is 0 Å². The zero-order chi connectivity index (χ0) is 13.8. The van der Waals surface area contributed by atoms with Crippen LogP contribution < -0.4 is 4.74 Å². The number of benzene rings is 2. The molecular weight excluding hydrogens is 248 g/mol. The second kappa shape index (κ2) is 6.10. The van der Waals surface area contributed by atoms with Crippen molar-refractivity contribution in [2.75, 3.05) is 7.11 Å². The van der Waals surface area contributed by atoms with Gasteiger partial charge in [0, 0.05) is 0 Å². The molecule has 0 aromatic heterocycles. The van der Waals surface area contributed by atoms with Crippen molar-refractivity contribution in [3.63, 3.8) is 0 Å². The Labute approximate surface area is 120 Å². The Morgan fingerprint density at radius 3 is 2.40 bits per heavy atom. The first-order valence-electron chi connectivity index (χ1n) is 7.15. The van der Waals surface area contributed by atoms with Gasteiger partial charge in [-0.25, -0.2) is 0 Å². The summed E-state index contributed by atoms with van der Waals surface area (Å²) in [6.45, 7) is 0.712. The summed E-state index contributed by atoms with van der Waals surface area (Å²) in [5.74, 6) is 1.57. The van der Waals surface area contributed by atoms with Crippen LogP contribution in [0.4, 0.5) is 0 Å². The van der Waals surface area contributed by atoms with Crippen molar-refractivity contribution < 1.29 is 9.47 Å². The lowest BCUT2D eigenvalue weighted by Gasteiger charge is -2.36. The molecule has 2 heteroatoms. The Morgan fingerprint density at radius 1 is 0.950 bits per heavy atom. The molecular formula is C18H20O2. The summed E-state index contributed by atoms with van der Waals surface area (Å²) < 4.78 is 11.4. The number of hydrogen-bond acceptors (Lipinski definition) is 2. The zero-order valence-corrected chi connectivity index (χ0v) is 11.8. The molecule has 0 bridgehead atoms. The molecule has 2 aromatic carbocycles. The van der Waals surface area contributed by atoms with Gasteiger partial charge in [-0.3, -0.25) is 0 Å². The summed E-state index contributed by atoms with van der Waals surface area (Å²) in [5.41, 5.74) is 2.56. The van der Waals surface area contributed by atoms with Crippen molar-refractivity contribution in [2.24, 2.45) is 0 Å². The van der Waals surface area contributed by atoms with Crippen molar-refractivity contribution in [3.8, 4) is 5.75 Å². The van der Waals surface area contributed by atoms with Crippen LogP contribution in [0.3, 0.4) is 0 Å². The molecule has 1 fully saturated rings. The fourth-order valence-electron chi connectivity index (χ4n) is 2.75. The minimum atomic E-state index is 0.380. The predicted molar refractivity (Wildman–Crippen MR) is 80.0 cm³/mol. The number of ether oxygens (including phenoxy) is 2. The van der Waals surface area contributed by atoms with Gasteiger partial charge in [0.05, 0.1) is 19.8 Å². The fraction of sp³-hybridized carbons (Fsp3) is 0.333. The highest BCUT2D eigenvalue weighted by molar-refractivity contribution is 5.37. The monoisotopic (exact) mass is 268 g/mol. The van der Waals surface area contributed by atoms with E-state index in [0.717, 1.165) is 18.6 Å². The summed E-state index contributed by atoms with van der Waals surface area (Å²) >= 11 is 0. The van der Waals surface area contributed by atoms with E-state index in [4.69, 9.17) is 9.47 Å². The van der Waals surface area contributed by atoms with Crippen molar-refractivity contribution in [1.82, 2.24) is 0 Å². The van der Waals surface area contributed by atoms with E-state index in [1.807, 2.05) is 18.2 Å². The van der Waals surface area contributed by atoms with Gasteiger partial charge in [-0.1, -0.05) is 48.5 Å². The lowest BCUT2D eigenvalue weighted by atomic mass is 9.77. The molecule has 2 aromatic rings. The number of methoxy groups -OCH3 is 1. The molecule has 3 rings (SSSR count). The molecule has 0 heterocycles. The van der Waals surface area contributed by atoms with Gasteiger partial charge in [-0.05, 0) is 36.0 Å². The molecule has 1 aliphatic rings. The summed E-state index contributed by atoms with van der Waals surface area (Å²) in [4.78, 5) is 0. The predicted octanol–water partition coefficient (Wildman–Crippen LogP) is 4.16. The largest absolute Gasteiger partial charge is 0.496 e. The van der Waals surface area contributed by atoms with E-state index in [1.54, 1.807) is 7.11 Å². The number of rotatable bonds is 5. The minimum absolute atomic E-state index is 0.380. The van der Waals surface area contributed by atoms with Crippen LogP contribution in [0.1, 0.15) is 29.9 Å². The van der Waals surface area contributed by atoms with Gasteiger partial charge in [-0.2, -0.15) is 0 Å². The lowest BCUT2D eigenvalue weighted by Crippen LogP contribution is -2.29. The van der Waals surface area contributed by atoms with Crippen molar-refractivity contribution in [1.29, 1.82) is 0 Å². The van der Waals surface area contributed by atoms with E-state index in [2.05, 4.69) is 36.4 Å². The average Bonchev–Trinajstić information content (AvgIpc) is 2.47. The van der Waals surface area contributed by atoms with E-state index in [9.17, 15) is 0 Å². The Morgan fingerprint density at radius 2 is 1.65 bits per heavy atom. The summed E-state index contributed by atoms with van der Waals surface area (Å²) in [5, 5.41) is 0. The van der Waals surface area contributed by atoms with Gasteiger partial charge in [0.1, 0.15) is 5.75 Å². The Bertz CT molecular complexity index is 544. The van der Waals surface area contributed by atoms with Crippen LogP contribution >= 0.6 is 0 Å². The van der Waals surface area contributed by atoms with Crippen molar-refractivity contribution >= 4 is 0 Å². The van der Waals surface area contributed by atoms with Crippen LogP contribution in [-0.4, -0.2) is 13.2 Å². The molecule has 1 aliphatic carbocycles. The highest BCUT2D eigenvalue weighted by Crippen LogP contribution is 2.42. The van der Waals surface area contributed by atoms with Crippen LogP contribution in [-0.2, 0) is 11.3 Å². The van der Waals surface area contributed by atoms with Crippen molar-refractivity contribution in [2.45, 2.75) is 31.5 Å². The van der Waals surface area contributed by atoms with E-state index >= 15 is 0 Å². The summed E-state index contributed by atoms with van der Waals surface area (Å²) in [6.07, 6.45) is 2.56. The molecule has 0 saturated heterocycles. The second-order valence-electron chi connectivity index (χ2n) is 5.33. The molecule has 0 unspecified atom stereocenters. The first kappa shape index (κ1) is 13.2. The van der Waals surface area contributed by atoms with Gasteiger partial charge >= 0.3 is 0 Å². The molecule has 1 saturated carbocycles. The normalized spacial score (nSPS) is 21.2. The maximum absolute atomic E-state index is 5.95. The van der Waals surface area contributed by atoms with Gasteiger partial charge in [0.25, 0.3) is 0 Å². The molecule has 0 N–H and O–H groups in total. The third-order valence-corrected chi connectivity index (χ3v) is 4.00. The molecule has 0 atom stereocenters. The Kier molecular flexibility index (Phi) is 4.03. The Balaban J connectivity index is 1.51.